The van der Waals surface area contributed by atoms with Crippen molar-refractivity contribution in [3.8, 4) is 0 Å². The lowest BCUT2D eigenvalue weighted by Gasteiger charge is -2.13. The molecule has 0 bridgehead atoms. The highest BCUT2D eigenvalue weighted by molar-refractivity contribution is 6.04. The maximum atomic E-state index is 12.6. The van der Waals surface area contributed by atoms with Crippen molar-refractivity contribution in [1.82, 2.24) is 9.88 Å². The van der Waals surface area contributed by atoms with Crippen LogP contribution in [0.1, 0.15) is 39.1 Å². The van der Waals surface area contributed by atoms with Crippen LogP contribution in [-0.2, 0) is 6.54 Å². The maximum Gasteiger partial charge on any atom is 0.163 e. The van der Waals surface area contributed by atoms with E-state index in [0.29, 0.717) is 17.7 Å². The first-order chi connectivity index (χ1) is 12.0. The molecule has 1 N–H and O–H groups in total. The van der Waals surface area contributed by atoms with Crippen molar-refractivity contribution in [3.05, 3.63) is 71.4 Å². The number of benzene rings is 2. The second-order valence-electron chi connectivity index (χ2n) is 6.52. The smallest absolute Gasteiger partial charge is 0.163 e. The second-order valence-corrected chi connectivity index (χ2v) is 6.52. The zero-order valence-electron chi connectivity index (χ0n) is 14.6. The van der Waals surface area contributed by atoms with E-state index in [2.05, 4.69) is 4.98 Å². The number of rotatable bonds is 7. The Kier molecular flexibility index (Phi) is 5.10. The van der Waals surface area contributed by atoms with Gasteiger partial charge in [-0.1, -0.05) is 24.3 Å². The molecule has 2 aromatic carbocycles. The summed E-state index contributed by atoms with van der Waals surface area (Å²) in [4.78, 5) is 30.2. The summed E-state index contributed by atoms with van der Waals surface area (Å²) in [6.45, 7) is 0.708. The Hall–Kier alpha value is -2.72. The number of nitrogens with one attached hydrogen (secondary N) is 1. The first-order valence-corrected chi connectivity index (χ1v) is 8.41. The molecule has 4 nitrogen and oxygen atoms in total. The molecule has 128 valence electrons. The Morgan fingerprint density at radius 2 is 1.72 bits per heavy atom. The van der Waals surface area contributed by atoms with Gasteiger partial charge in [0.05, 0.1) is 0 Å². The molecule has 0 unspecified atom stereocenters. The number of carbonyl (C=O) groups is 2. The van der Waals surface area contributed by atoms with Crippen molar-refractivity contribution in [2.75, 3.05) is 14.1 Å². The predicted molar refractivity (Wildman–Crippen MR) is 100 cm³/mol. The quantitative estimate of drug-likeness (QED) is 0.663. The molecule has 0 saturated carbocycles. The van der Waals surface area contributed by atoms with Gasteiger partial charge in [-0.25, -0.2) is 0 Å². The number of aromatic amines is 1. The largest absolute Gasteiger partial charge is 0.361 e. The average Bonchev–Trinajstić information content (AvgIpc) is 3.07. The van der Waals surface area contributed by atoms with Crippen molar-refractivity contribution >= 4 is 22.5 Å². The molecule has 25 heavy (non-hydrogen) atoms. The van der Waals surface area contributed by atoms with Crippen LogP contribution in [0.25, 0.3) is 10.9 Å². The van der Waals surface area contributed by atoms with E-state index >= 15 is 0 Å². The van der Waals surface area contributed by atoms with Crippen LogP contribution >= 0.6 is 0 Å². The van der Waals surface area contributed by atoms with Gasteiger partial charge < -0.3 is 9.88 Å². The van der Waals surface area contributed by atoms with Crippen molar-refractivity contribution in [1.29, 1.82) is 0 Å². The van der Waals surface area contributed by atoms with Gasteiger partial charge in [0.2, 0.25) is 0 Å². The molecule has 0 atom stereocenters. The van der Waals surface area contributed by atoms with Crippen LogP contribution in [0, 0.1) is 0 Å². The lowest BCUT2D eigenvalue weighted by molar-refractivity contribution is 0.0916. The molecule has 0 aliphatic rings. The molecule has 0 amide bonds. The van der Waals surface area contributed by atoms with Crippen molar-refractivity contribution in [2.24, 2.45) is 0 Å². The maximum absolute atomic E-state index is 12.6. The summed E-state index contributed by atoms with van der Waals surface area (Å²) in [5, 5.41) is 1.01. The summed E-state index contributed by atoms with van der Waals surface area (Å²) >= 11 is 0. The normalized spacial score (nSPS) is 11.2. The van der Waals surface area contributed by atoms with E-state index in [1.807, 2.05) is 73.7 Å². The Morgan fingerprint density at radius 1 is 0.960 bits per heavy atom. The minimum Gasteiger partial charge on any atom is -0.361 e. The van der Waals surface area contributed by atoms with E-state index in [4.69, 9.17) is 0 Å². The van der Waals surface area contributed by atoms with E-state index in [9.17, 15) is 9.59 Å². The van der Waals surface area contributed by atoms with Gasteiger partial charge >= 0.3 is 0 Å². The van der Waals surface area contributed by atoms with Gasteiger partial charge in [0.25, 0.3) is 0 Å². The van der Waals surface area contributed by atoms with Gasteiger partial charge in [-0.15, -0.1) is 0 Å². The number of hydrogen-bond donors (Lipinski definition) is 1. The van der Waals surface area contributed by atoms with Crippen molar-refractivity contribution in [2.45, 2.75) is 19.4 Å². The molecule has 1 aromatic heterocycles. The highest BCUT2D eigenvalue weighted by Gasteiger charge is 2.14. The van der Waals surface area contributed by atoms with E-state index in [1.165, 1.54) is 0 Å². The molecule has 1 heterocycles. The molecule has 4 heteroatoms. The molecule has 0 radical (unpaired) electrons. The topological polar surface area (TPSA) is 53.2 Å². The summed E-state index contributed by atoms with van der Waals surface area (Å²) in [5.74, 6) is 0.0232. The SMILES string of the molecule is CN(C)Cc1ccccc1C(=O)CCC(=O)c1ccc2[nH]ccc2c1. The molecule has 0 fully saturated rings. The number of fused-ring (bicyclic) bond motifs is 1. The third kappa shape index (κ3) is 4.03. The van der Waals surface area contributed by atoms with Gasteiger partial charge in [-0.3, -0.25) is 9.59 Å². The van der Waals surface area contributed by atoms with Crippen LogP contribution in [0.3, 0.4) is 0 Å². The van der Waals surface area contributed by atoms with Crippen LogP contribution in [0.5, 0.6) is 0 Å². The Morgan fingerprint density at radius 3 is 2.52 bits per heavy atom. The number of hydrogen-bond acceptors (Lipinski definition) is 3. The third-order valence-corrected chi connectivity index (χ3v) is 4.26. The Balaban J connectivity index is 1.68. The minimum absolute atomic E-state index is 0.00143. The summed E-state index contributed by atoms with van der Waals surface area (Å²) < 4.78 is 0. The first-order valence-electron chi connectivity index (χ1n) is 8.41. The van der Waals surface area contributed by atoms with Crippen LogP contribution in [-0.4, -0.2) is 35.5 Å². The number of aromatic nitrogens is 1. The summed E-state index contributed by atoms with van der Waals surface area (Å²) in [7, 11) is 3.95. The van der Waals surface area contributed by atoms with Gasteiger partial charge in [0.1, 0.15) is 0 Å². The highest BCUT2D eigenvalue weighted by Crippen LogP contribution is 2.18. The number of nitrogens with zero attached hydrogens (tertiary/aromatic N) is 1. The number of carbonyl (C=O) groups excluding carboxylic acids is 2. The molecule has 0 aliphatic carbocycles. The molecule has 0 saturated heterocycles. The van der Waals surface area contributed by atoms with Crippen molar-refractivity contribution < 1.29 is 9.59 Å². The monoisotopic (exact) mass is 334 g/mol. The van der Waals surface area contributed by atoms with Crippen LogP contribution < -0.4 is 0 Å². The molecule has 3 rings (SSSR count). The lowest BCUT2D eigenvalue weighted by atomic mass is 9.97. The fraction of sp³-hybridized carbons (Fsp3) is 0.238. The van der Waals surface area contributed by atoms with Crippen molar-refractivity contribution in [3.63, 3.8) is 0 Å². The van der Waals surface area contributed by atoms with Crippen LogP contribution in [0.2, 0.25) is 0 Å². The van der Waals surface area contributed by atoms with Gasteiger partial charge in [0.15, 0.2) is 11.6 Å². The Labute approximate surface area is 147 Å². The molecule has 0 spiro atoms. The van der Waals surface area contributed by atoms with Gasteiger partial charge in [-0.2, -0.15) is 0 Å². The van der Waals surface area contributed by atoms with E-state index < -0.39 is 0 Å². The molecular formula is C21H22N2O2. The predicted octanol–water partition coefficient (Wildman–Crippen LogP) is 4.08. The van der Waals surface area contributed by atoms with E-state index in [1.54, 1.807) is 0 Å². The number of Topliss-reactive ketones (excluding diaryl/α,β-unsaturated/α-hetero) is 2. The van der Waals surface area contributed by atoms with E-state index in [-0.39, 0.29) is 24.4 Å². The lowest BCUT2D eigenvalue weighted by Crippen LogP contribution is -2.14. The third-order valence-electron chi connectivity index (χ3n) is 4.26. The average molecular weight is 334 g/mol. The fourth-order valence-corrected chi connectivity index (χ4v) is 3.00. The number of H-pyrrole nitrogens is 1. The highest BCUT2D eigenvalue weighted by atomic mass is 16.1. The van der Waals surface area contributed by atoms with E-state index in [0.717, 1.165) is 16.5 Å². The van der Waals surface area contributed by atoms with Gasteiger partial charge in [-0.05, 0) is 43.9 Å². The Bertz CT molecular complexity index is 909. The van der Waals surface area contributed by atoms with Gasteiger partial charge in [0, 0.05) is 47.6 Å². The summed E-state index contributed by atoms with van der Waals surface area (Å²) in [6, 6.07) is 15.1. The standard InChI is InChI=1S/C21H22N2O2/c1-23(2)14-17-5-3-4-6-18(17)21(25)10-9-20(24)16-7-8-19-15(13-16)11-12-22-19/h3-8,11-13,22H,9-10,14H2,1-2H3. The molecule has 0 aliphatic heterocycles. The zero-order chi connectivity index (χ0) is 17.8. The zero-order valence-corrected chi connectivity index (χ0v) is 14.6. The second kappa shape index (κ2) is 7.45. The number of ketones is 2. The van der Waals surface area contributed by atoms with Crippen LogP contribution in [0.4, 0.5) is 0 Å². The first kappa shape index (κ1) is 17.1. The van der Waals surface area contributed by atoms with Crippen LogP contribution in [0.15, 0.2) is 54.7 Å². The molecule has 3 aromatic rings. The molecular weight excluding hydrogens is 312 g/mol. The fourth-order valence-electron chi connectivity index (χ4n) is 3.00. The summed E-state index contributed by atoms with van der Waals surface area (Å²) in [6.07, 6.45) is 2.31. The minimum atomic E-state index is 0.00143. The summed E-state index contributed by atoms with van der Waals surface area (Å²) in [5.41, 5.74) is 3.37.